The van der Waals surface area contributed by atoms with E-state index in [1.54, 1.807) is 6.33 Å². The van der Waals surface area contributed by atoms with Gasteiger partial charge in [-0.2, -0.15) is 0 Å². The van der Waals surface area contributed by atoms with Crippen molar-refractivity contribution in [3.63, 3.8) is 0 Å². The van der Waals surface area contributed by atoms with Crippen LogP contribution in [-0.4, -0.2) is 23.8 Å². The second-order valence-electron chi connectivity index (χ2n) is 2.97. The Kier molecular flexibility index (Phi) is 1.36. The predicted molar refractivity (Wildman–Crippen MR) is 35.3 cm³/mol. The van der Waals surface area contributed by atoms with Gasteiger partial charge in [0.05, 0.1) is 5.10 Å². The molecular formula is C4H11N4Si+. The normalized spacial score (nSPS) is 11.9. The minimum absolute atomic E-state index is 1.24. The lowest BCUT2D eigenvalue weighted by Crippen LogP contribution is -2.59. The summed E-state index contributed by atoms with van der Waals surface area (Å²) in [7, 11) is -1.24. The largest absolute Gasteiger partial charge is 0.276 e. The number of nitrogens with one attached hydrogen (secondary N) is 1. The summed E-state index contributed by atoms with van der Waals surface area (Å²) in [6, 6.07) is 0. The van der Waals surface area contributed by atoms with E-state index in [1.807, 2.05) is 4.35 Å². The standard InChI is InChI=1S/C4H10N4Si/c1-9(2,3)8-4-5-6-7-8/h4H,1-3H3/p+1. The highest BCUT2D eigenvalue weighted by atomic mass is 28.3. The van der Waals surface area contributed by atoms with E-state index in [0.29, 0.717) is 0 Å². The minimum atomic E-state index is -1.24. The lowest BCUT2D eigenvalue weighted by atomic mass is 11.4. The number of H-pyrrole nitrogens is 1. The number of nitrogens with zero attached hydrogens (tertiary/aromatic N) is 3. The number of tetrazole rings is 1. The number of hydrogen-bond acceptors (Lipinski definition) is 2. The smallest absolute Gasteiger partial charge is 0.210 e. The highest BCUT2D eigenvalue weighted by Crippen LogP contribution is 1.89. The summed E-state index contributed by atoms with van der Waals surface area (Å²) in [5.41, 5.74) is 0. The van der Waals surface area contributed by atoms with Crippen LogP contribution in [0.3, 0.4) is 0 Å². The quantitative estimate of drug-likeness (QED) is 0.552. The average Bonchev–Trinajstić information content (AvgIpc) is 2.08. The summed E-state index contributed by atoms with van der Waals surface area (Å²) in [5.74, 6) is 0. The van der Waals surface area contributed by atoms with Gasteiger partial charge in [-0.1, -0.05) is 5.21 Å². The fraction of sp³-hybridized carbons (Fsp3) is 0.750. The van der Waals surface area contributed by atoms with Gasteiger partial charge in [0, 0.05) is 0 Å². The van der Waals surface area contributed by atoms with Crippen molar-refractivity contribution in [1.29, 1.82) is 0 Å². The maximum Gasteiger partial charge on any atom is 0.276 e. The summed E-state index contributed by atoms with van der Waals surface area (Å²) in [5, 5.41) is 10.1. The van der Waals surface area contributed by atoms with Crippen molar-refractivity contribution >= 4 is 8.24 Å². The Labute approximate surface area is 55.0 Å². The first-order valence-electron chi connectivity index (χ1n) is 2.89. The van der Waals surface area contributed by atoms with Crippen LogP contribution in [0.1, 0.15) is 0 Å². The van der Waals surface area contributed by atoms with Crippen molar-refractivity contribution in [2.45, 2.75) is 19.6 Å². The van der Waals surface area contributed by atoms with Crippen molar-refractivity contribution in [2.24, 2.45) is 0 Å². The molecule has 50 valence electrons. The molecule has 1 N–H and O–H groups in total. The molecule has 0 spiro atoms. The van der Waals surface area contributed by atoms with Gasteiger partial charge in [0.2, 0.25) is 8.24 Å². The average molecular weight is 143 g/mol. The van der Waals surface area contributed by atoms with Crippen molar-refractivity contribution in [1.82, 2.24) is 15.5 Å². The Balaban J connectivity index is 2.90. The molecule has 0 saturated carbocycles. The Hall–Kier alpha value is -0.713. The van der Waals surface area contributed by atoms with Gasteiger partial charge in [0.15, 0.2) is 5.21 Å². The first-order valence-corrected chi connectivity index (χ1v) is 6.33. The molecule has 4 nitrogen and oxygen atoms in total. The molecule has 0 bridgehead atoms. The molecule has 1 aromatic rings. The Morgan fingerprint density at radius 2 is 2.11 bits per heavy atom. The van der Waals surface area contributed by atoms with Crippen LogP contribution in [-0.2, 0) is 0 Å². The molecule has 1 rings (SSSR count). The lowest BCUT2D eigenvalue weighted by molar-refractivity contribution is -0.613. The topological polar surface area (TPSA) is 45.5 Å². The van der Waals surface area contributed by atoms with Gasteiger partial charge in [-0.15, -0.1) is 0 Å². The molecule has 0 saturated heterocycles. The zero-order chi connectivity index (χ0) is 6.91. The molecule has 0 amide bonds. The van der Waals surface area contributed by atoms with Gasteiger partial charge >= 0.3 is 0 Å². The van der Waals surface area contributed by atoms with Crippen LogP contribution >= 0.6 is 0 Å². The van der Waals surface area contributed by atoms with Gasteiger partial charge in [-0.05, 0) is 19.6 Å². The van der Waals surface area contributed by atoms with Crippen molar-refractivity contribution < 1.29 is 4.35 Å². The SMILES string of the molecule is C[Si](C)(C)[n+]1cnn[nH]1. The van der Waals surface area contributed by atoms with Crippen LogP contribution in [0.25, 0.3) is 0 Å². The van der Waals surface area contributed by atoms with Gasteiger partial charge in [0.25, 0.3) is 6.33 Å². The van der Waals surface area contributed by atoms with Crippen LogP contribution in [0.2, 0.25) is 19.6 Å². The van der Waals surface area contributed by atoms with Crippen LogP contribution < -0.4 is 4.35 Å². The molecule has 5 heteroatoms. The highest BCUT2D eigenvalue weighted by Gasteiger charge is 2.22. The molecule has 0 aliphatic heterocycles. The third kappa shape index (κ3) is 1.35. The fourth-order valence-electron chi connectivity index (χ4n) is 0.500. The van der Waals surface area contributed by atoms with Crippen molar-refractivity contribution in [2.75, 3.05) is 0 Å². The number of rotatable bonds is 1. The summed E-state index contributed by atoms with van der Waals surface area (Å²) >= 11 is 0. The fourth-order valence-corrected chi connectivity index (χ4v) is 1.24. The molecular weight excluding hydrogens is 132 g/mol. The molecule has 0 unspecified atom stereocenters. The van der Waals surface area contributed by atoms with E-state index >= 15 is 0 Å². The first kappa shape index (κ1) is 6.41. The molecule has 1 aromatic heterocycles. The van der Waals surface area contributed by atoms with Gasteiger partial charge in [-0.3, -0.25) is 0 Å². The first-order chi connectivity index (χ1) is 4.11. The number of aromatic amines is 1. The Bertz CT molecular complexity index is 175. The summed E-state index contributed by atoms with van der Waals surface area (Å²) in [6.07, 6.45) is 1.73. The Morgan fingerprint density at radius 3 is 2.33 bits per heavy atom. The third-order valence-electron chi connectivity index (χ3n) is 1.10. The molecule has 0 radical (unpaired) electrons. The molecule has 0 fully saturated rings. The molecule has 0 aliphatic rings. The predicted octanol–water partition coefficient (Wildman–Crippen LogP) is -0.225. The summed E-state index contributed by atoms with van der Waals surface area (Å²) in [6.45, 7) is 6.65. The number of aromatic nitrogens is 4. The van der Waals surface area contributed by atoms with E-state index in [0.717, 1.165) is 0 Å². The van der Waals surface area contributed by atoms with Crippen LogP contribution in [0.5, 0.6) is 0 Å². The van der Waals surface area contributed by atoms with Gasteiger partial charge in [-0.25, -0.2) is 4.35 Å². The minimum Gasteiger partial charge on any atom is -0.210 e. The Morgan fingerprint density at radius 1 is 1.44 bits per heavy atom. The molecule has 9 heavy (non-hydrogen) atoms. The van der Waals surface area contributed by atoms with Gasteiger partial charge < -0.3 is 0 Å². The highest BCUT2D eigenvalue weighted by molar-refractivity contribution is 6.67. The number of hydrogen-bond donors (Lipinski definition) is 1. The monoisotopic (exact) mass is 143 g/mol. The van der Waals surface area contributed by atoms with Gasteiger partial charge in [0.1, 0.15) is 0 Å². The second-order valence-corrected chi connectivity index (χ2v) is 7.80. The lowest BCUT2D eigenvalue weighted by Gasteiger charge is -2.07. The molecule has 0 atom stereocenters. The summed E-state index contributed by atoms with van der Waals surface area (Å²) < 4.78 is 1.98. The maximum absolute atomic E-state index is 3.68. The van der Waals surface area contributed by atoms with Crippen molar-refractivity contribution in [3.05, 3.63) is 6.33 Å². The van der Waals surface area contributed by atoms with Crippen LogP contribution in [0, 0.1) is 0 Å². The maximum atomic E-state index is 3.68. The van der Waals surface area contributed by atoms with E-state index in [9.17, 15) is 0 Å². The van der Waals surface area contributed by atoms with Crippen molar-refractivity contribution in [3.8, 4) is 0 Å². The van der Waals surface area contributed by atoms with E-state index in [4.69, 9.17) is 0 Å². The molecule has 1 heterocycles. The second kappa shape index (κ2) is 1.91. The molecule has 0 aliphatic carbocycles. The van der Waals surface area contributed by atoms with E-state index in [-0.39, 0.29) is 0 Å². The van der Waals surface area contributed by atoms with Crippen LogP contribution in [0.4, 0.5) is 0 Å². The zero-order valence-corrected chi connectivity index (χ0v) is 6.92. The third-order valence-corrected chi connectivity index (χ3v) is 2.76. The van der Waals surface area contributed by atoms with E-state index < -0.39 is 8.24 Å². The van der Waals surface area contributed by atoms with E-state index in [2.05, 4.69) is 35.2 Å². The summed E-state index contributed by atoms with van der Waals surface area (Å²) in [4.78, 5) is 0. The van der Waals surface area contributed by atoms with Crippen LogP contribution in [0.15, 0.2) is 6.33 Å². The molecule has 0 aromatic carbocycles. The van der Waals surface area contributed by atoms with E-state index in [1.165, 1.54) is 0 Å². The zero-order valence-electron chi connectivity index (χ0n) is 5.92.